The minimum atomic E-state index is -0.460. The minimum absolute atomic E-state index is 0.0986. The summed E-state index contributed by atoms with van der Waals surface area (Å²) in [7, 11) is 2.08. The van der Waals surface area contributed by atoms with Gasteiger partial charge in [-0.3, -0.25) is 4.79 Å². The fourth-order valence-electron chi connectivity index (χ4n) is 5.16. The van der Waals surface area contributed by atoms with Gasteiger partial charge < -0.3 is 19.4 Å². The second-order valence-corrected chi connectivity index (χ2v) is 10.8. The summed E-state index contributed by atoms with van der Waals surface area (Å²) in [4.78, 5) is 38.3. The molecule has 5 rings (SSSR count). The van der Waals surface area contributed by atoms with Crippen LogP contribution in [0.2, 0.25) is 0 Å². The lowest BCUT2D eigenvalue weighted by Crippen LogP contribution is -2.47. The Hall–Kier alpha value is -3.36. The van der Waals surface area contributed by atoms with Crippen LogP contribution in [0, 0.1) is 13.8 Å². The van der Waals surface area contributed by atoms with Gasteiger partial charge in [-0.2, -0.15) is 0 Å². The Morgan fingerprint density at radius 2 is 1.79 bits per heavy atom. The molecular weight excluding hydrogens is 496 g/mol. The molecule has 3 aliphatic heterocycles. The number of thioether (sulfide) groups is 1. The van der Waals surface area contributed by atoms with Crippen LogP contribution in [-0.2, 0) is 14.3 Å². The van der Waals surface area contributed by atoms with E-state index in [0.29, 0.717) is 11.3 Å². The van der Waals surface area contributed by atoms with Crippen molar-refractivity contribution in [2.75, 3.05) is 39.8 Å². The highest BCUT2D eigenvalue weighted by Gasteiger charge is 2.43. The van der Waals surface area contributed by atoms with Crippen molar-refractivity contribution in [3.8, 4) is 0 Å². The van der Waals surface area contributed by atoms with Gasteiger partial charge in [-0.15, -0.1) is 0 Å². The summed E-state index contributed by atoms with van der Waals surface area (Å²) in [5.41, 5.74) is 6.01. The Morgan fingerprint density at radius 3 is 2.50 bits per heavy atom. The third-order valence-corrected chi connectivity index (χ3v) is 8.16. The van der Waals surface area contributed by atoms with E-state index >= 15 is 0 Å². The zero-order valence-corrected chi connectivity index (χ0v) is 23.3. The Morgan fingerprint density at radius 1 is 1.05 bits per heavy atom. The Kier molecular flexibility index (Phi) is 7.72. The molecule has 1 unspecified atom stereocenters. The van der Waals surface area contributed by atoms with E-state index in [1.165, 1.54) is 11.8 Å². The Balaban J connectivity index is 1.61. The number of amidine groups is 1. The number of nitrogens with zero attached hydrogens (tertiary/aromatic N) is 4. The van der Waals surface area contributed by atoms with Gasteiger partial charge in [0.15, 0.2) is 5.17 Å². The number of benzene rings is 2. The molecule has 198 valence electrons. The van der Waals surface area contributed by atoms with E-state index in [2.05, 4.69) is 48.9 Å². The van der Waals surface area contributed by atoms with Crippen LogP contribution < -0.4 is 0 Å². The number of rotatable bonds is 6. The van der Waals surface area contributed by atoms with Crippen molar-refractivity contribution in [3.05, 3.63) is 87.5 Å². The highest BCUT2D eigenvalue weighted by Crippen LogP contribution is 2.47. The summed E-state index contributed by atoms with van der Waals surface area (Å²) in [6, 6.07) is 15.6. The van der Waals surface area contributed by atoms with Gasteiger partial charge in [0.25, 0.3) is 0 Å². The molecule has 0 spiro atoms. The van der Waals surface area contributed by atoms with Crippen LogP contribution in [0.1, 0.15) is 41.6 Å². The molecule has 2 aromatic rings. The van der Waals surface area contributed by atoms with E-state index in [-0.39, 0.29) is 24.9 Å². The maximum atomic E-state index is 13.7. The van der Waals surface area contributed by atoms with Crippen LogP contribution in [0.4, 0.5) is 0 Å². The third-order valence-electron chi connectivity index (χ3n) is 7.27. The highest BCUT2D eigenvalue weighted by atomic mass is 32.2. The lowest BCUT2D eigenvalue weighted by atomic mass is 9.88. The number of hydrogen-bond donors (Lipinski definition) is 0. The maximum Gasteiger partial charge on any atom is 0.338 e. The standard InChI is InChI=1S/C30H34N4O3S/c1-5-37-29(36)26-27(22-9-7-6-8-10-22)31-30-34(28(26)24-17-20(2)11-12-21(24)3)23(19-38-30)18-25(35)33-15-13-32(4)14-16-33/h6-12,17,19,28H,5,13-16,18H2,1-4H3. The van der Waals surface area contributed by atoms with Crippen molar-refractivity contribution in [2.45, 2.75) is 33.2 Å². The summed E-state index contributed by atoms with van der Waals surface area (Å²) in [6.07, 6.45) is 0.258. The van der Waals surface area contributed by atoms with Crippen LogP contribution in [0.3, 0.4) is 0 Å². The van der Waals surface area contributed by atoms with Crippen molar-refractivity contribution in [3.63, 3.8) is 0 Å². The number of hydrogen-bond acceptors (Lipinski definition) is 7. The van der Waals surface area contributed by atoms with Crippen LogP contribution in [0.5, 0.6) is 0 Å². The van der Waals surface area contributed by atoms with E-state index < -0.39 is 6.04 Å². The topological polar surface area (TPSA) is 65.5 Å². The van der Waals surface area contributed by atoms with Gasteiger partial charge >= 0.3 is 5.97 Å². The molecule has 38 heavy (non-hydrogen) atoms. The van der Waals surface area contributed by atoms with Crippen molar-refractivity contribution in [1.82, 2.24) is 14.7 Å². The number of carbonyl (C=O) groups excluding carboxylic acids is 2. The summed E-state index contributed by atoms with van der Waals surface area (Å²) < 4.78 is 5.63. The van der Waals surface area contributed by atoms with Gasteiger partial charge in [-0.25, -0.2) is 9.79 Å². The zero-order chi connectivity index (χ0) is 26.8. The zero-order valence-electron chi connectivity index (χ0n) is 22.4. The molecule has 1 fully saturated rings. The number of aliphatic imine (C=N–C) groups is 1. The predicted molar refractivity (Wildman–Crippen MR) is 152 cm³/mol. The first-order valence-electron chi connectivity index (χ1n) is 13.1. The van der Waals surface area contributed by atoms with E-state index in [4.69, 9.17) is 9.73 Å². The molecule has 3 heterocycles. The molecule has 0 radical (unpaired) electrons. The molecule has 0 aliphatic carbocycles. The number of esters is 1. The molecule has 2 aromatic carbocycles. The minimum Gasteiger partial charge on any atom is -0.463 e. The molecule has 7 nitrogen and oxygen atoms in total. The first-order chi connectivity index (χ1) is 18.4. The number of piperazine rings is 1. The number of carbonyl (C=O) groups is 2. The van der Waals surface area contributed by atoms with E-state index in [1.807, 2.05) is 47.6 Å². The molecule has 1 atom stereocenters. The summed E-state index contributed by atoms with van der Waals surface area (Å²) in [6.45, 7) is 9.39. The van der Waals surface area contributed by atoms with E-state index in [1.54, 1.807) is 0 Å². The quantitative estimate of drug-likeness (QED) is 0.503. The summed E-state index contributed by atoms with van der Waals surface area (Å²) in [5, 5.41) is 2.78. The maximum absolute atomic E-state index is 13.7. The van der Waals surface area contributed by atoms with Gasteiger partial charge in [0.2, 0.25) is 5.91 Å². The highest BCUT2D eigenvalue weighted by molar-refractivity contribution is 8.16. The first kappa shape index (κ1) is 26.3. The van der Waals surface area contributed by atoms with Crippen molar-refractivity contribution >= 4 is 34.5 Å². The molecule has 0 aromatic heterocycles. The van der Waals surface area contributed by atoms with E-state index in [9.17, 15) is 9.59 Å². The molecule has 0 N–H and O–H groups in total. The first-order valence-corrected chi connectivity index (χ1v) is 14.0. The van der Waals surface area contributed by atoms with E-state index in [0.717, 1.165) is 59.3 Å². The molecule has 0 saturated carbocycles. The fraction of sp³-hybridized carbons (Fsp3) is 0.367. The molecule has 3 aliphatic rings. The van der Waals surface area contributed by atoms with Gasteiger partial charge in [0.1, 0.15) is 0 Å². The number of amides is 1. The summed E-state index contributed by atoms with van der Waals surface area (Å²) in [5.74, 6) is -0.289. The van der Waals surface area contributed by atoms with Gasteiger partial charge in [-0.1, -0.05) is 65.9 Å². The summed E-state index contributed by atoms with van der Waals surface area (Å²) >= 11 is 1.51. The lowest BCUT2D eigenvalue weighted by Gasteiger charge is -2.38. The number of fused-ring (bicyclic) bond motifs is 1. The lowest BCUT2D eigenvalue weighted by molar-refractivity contribution is -0.139. The normalized spacial score (nSPS) is 19.7. The predicted octanol–water partition coefficient (Wildman–Crippen LogP) is 4.74. The largest absolute Gasteiger partial charge is 0.463 e. The smallest absolute Gasteiger partial charge is 0.338 e. The van der Waals surface area contributed by atoms with Gasteiger partial charge in [0.05, 0.1) is 30.3 Å². The molecule has 1 amide bonds. The Bertz CT molecular complexity index is 1330. The number of ether oxygens (including phenoxy) is 1. The van der Waals surface area contributed by atoms with Crippen molar-refractivity contribution in [2.24, 2.45) is 4.99 Å². The third kappa shape index (κ3) is 5.15. The second kappa shape index (κ2) is 11.2. The van der Waals surface area contributed by atoms with Crippen LogP contribution in [0.15, 0.2) is 70.2 Å². The number of aryl methyl sites for hydroxylation is 2. The monoisotopic (exact) mass is 530 g/mol. The fourth-order valence-corrected chi connectivity index (χ4v) is 6.08. The SMILES string of the molecule is CCOC(=O)C1=C(c2ccccc2)N=C2SC=C(CC(=O)N3CCN(C)CC3)N2C1c1cc(C)ccc1C. The van der Waals surface area contributed by atoms with Gasteiger partial charge in [-0.05, 0) is 44.4 Å². The molecular formula is C30H34N4O3S. The van der Waals surface area contributed by atoms with Crippen molar-refractivity contribution in [1.29, 1.82) is 0 Å². The van der Waals surface area contributed by atoms with Crippen molar-refractivity contribution < 1.29 is 14.3 Å². The Labute approximate surface area is 228 Å². The van der Waals surface area contributed by atoms with Gasteiger partial charge in [0, 0.05) is 37.4 Å². The van der Waals surface area contributed by atoms with Crippen LogP contribution >= 0.6 is 11.8 Å². The average molecular weight is 531 g/mol. The molecule has 0 bridgehead atoms. The van der Waals surface area contributed by atoms with Crippen LogP contribution in [0.25, 0.3) is 5.70 Å². The second-order valence-electron chi connectivity index (χ2n) is 9.96. The van der Waals surface area contributed by atoms with Crippen LogP contribution in [-0.4, -0.2) is 71.6 Å². The molecule has 8 heteroatoms. The number of likely N-dealkylation sites (N-methyl/N-ethyl adjacent to an activating group) is 1. The molecule has 1 saturated heterocycles. The average Bonchev–Trinajstić information content (AvgIpc) is 3.32.